The number of carbonyl (C=O) groups excluding carboxylic acids is 2. The summed E-state index contributed by atoms with van der Waals surface area (Å²) >= 11 is 0. The molecule has 2 aromatic rings. The summed E-state index contributed by atoms with van der Waals surface area (Å²) in [5.41, 5.74) is 2.10. The number of ketones is 1. The van der Waals surface area contributed by atoms with E-state index in [1.807, 2.05) is 42.7 Å². The van der Waals surface area contributed by atoms with Gasteiger partial charge in [-0.3, -0.25) is 9.59 Å². The van der Waals surface area contributed by atoms with Crippen LogP contribution in [-0.4, -0.2) is 29.5 Å². The zero-order chi connectivity index (χ0) is 18.7. The molecular formula is C21H25NO4. The van der Waals surface area contributed by atoms with Gasteiger partial charge in [0.1, 0.15) is 5.75 Å². The summed E-state index contributed by atoms with van der Waals surface area (Å²) in [6.07, 6.45) is 2.73. The molecule has 5 heteroatoms. The summed E-state index contributed by atoms with van der Waals surface area (Å²) in [5, 5.41) is 0. The Morgan fingerprint density at radius 1 is 1.08 bits per heavy atom. The number of aromatic nitrogens is 1. The molecule has 138 valence electrons. The van der Waals surface area contributed by atoms with E-state index in [1.165, 1.54) is 7.11 Å². The van der Waals surface area contributed by atoms with Crippen molar-refractivity contribution in [2.24, 2.45) is 0 Å². The second-order valence-electron chi connectivity index (χ2n) is 6.89. The summed E-state index contributed by atoms with van der Waals surface area (Å²) in [7, 11) is 1.41. The first-order valence-corrected chi connectivity index (χ1v) is 9.10. The van der Waals surface area contributed by atoms with E-state index in [1.54, 1.807) is 12.1 Å². The van der Waals surface area contributed by atoms with Crippen LogP contribution in [0, 0.1) is 0 Å². The van der Waals surface area contributed by atoms with Crippen LogP contribution in [0.25, 0.3) is 0 Å². The van der Waals surface area contributed by atoms with Crippen molar-refractivity contribution < 1.29 is 19.1 Å². The first kappa shape index (κ1) is 18.2. The second-order valence-corrected chi connectivity index (χ2v) is 6.89. The van der Waals surface area contributed by atoms with Gasteiger partial charge < -0.3 is 14.0 Å². The van der Waals surface area contributed by atoms with E-state index in [9.17, 15) is 9.59 Å². The molecule has 1 aliphatic rings. The van der Waals surface area contributed by atoms with Gasteiger partial charge in [0.25, 0.3) is 0 Å². The fraction of sp³-hybridized carbons (Fsp3) is 0.429. The van der Waals surface area contributed by atoms with Crippen molar-refractivity contribution in [3.05, 3.63) is 53.3 Å². The molecular weight excluding hydrogens is 330 g/mol. The van der Waals surface area contributed by atoms with Crippen LogP contribution in [-0.2, 0) is 16.1 Å². The lowest BCUT2D eigenvalue weighted by Crippen LogP contribution is -2.18. The van der Waals surface area contributed by atoms with E-state index in [-0.39, 0.29) is 23.8 Å². The van der Waals surface area contributed by atoms with Gasteiger partial charge in [-0.2, -0.15) is 0 Å². The van der Waals surface area contributed by atoms with E-state index in [0.29, 0.717) is 11.3 Å². The van der Waals surface area contributed by atoms with E-state index < -0.39 is 0 Å². The van der Waals surface area contributed by atoms with Gasteiger partial charge in [0.05, 0.1) is 24.8 Å². The molecule has 5 nitrogen and oxygen atoms in total. The fourth-order valence-corrected chi connectivity index (χ4v) is 3.49. The average Bonchev–Trinajstić information content (AvgIpc) is 2.93. The predicted molar refractivity (Wildman–Crippen MR) is 98.7 cm³/mol. The topological polar surface area (TPSA) is 57.5 Å². The minimum absolute atomic E-state index is 0.0436. The van der Waals surface area contributed by atoms with Gasteiger partial charge in [0.15, 0.2) is 0 Å². The molecule has 0 amide bonds. The van der Waals surface area contributed by atoms with Crippen LogP contribution in [0.15, 0.2) is 36.4 Å². The zero-order valence-corrected chi connectivity index (χ0v) is 15.5. The largest absolute Gasteiger partial charge is 0.491 e. The Labute approximate surface area is 153 Å². The van der Waals surface area contributed by atoms with Crippen molar-refractivity contribution in [3.8, 4) is 5.75 Å². The molecule has 1 unspecified atom stereocenters. The lowest BCUT2D eigenvalue weighted by molar-refractivity contribution is -0.142. The van der Waals surface area contributed by atoms with E-state index >= 15 is 0 Å². The highest BCUT2D eigenvalue weighted by Crippen LogP contribution is 2.30. The second kappa shape index (κ2) is 7.77. The first-order chi connectivity index (χ1) is 12.5. The van der Waals surface area contributed by atoms with Crippen molar-refractivity contribution >= 4 is 11.8 Å². The van der Waals surface area contributed by atoms with Gasteiger partial charge in [-0.25, -0.2) is 0 Å². The Hall–Kier alpha value is -2.56. The molecule has 0 saturated heterocycles. The van der Waals surface area contributed by atoms with Crippen LogP contribution in [0.2, 0.25) is 0 Å². The van der Waals surface area contributed by atoms with Crippen molar-refractivity contribution in [3.63, 3.8) is 0 Å². The number of hydrogen-bond acceptors (Lipinski definition) is 4. The molecule has 1 aromatic carbocycles. The normalized spacial score (nSPS) is 16.7. The van der Waals surface area contributed by atoms with Crippen LogP contribution >= 0.6 is 0 Å². The molecule has 0 fully saturated rings. The molecule has 0 aliphatic carbocycles. The van der Waals surface area contributed by atoms with E-state index in [2.05, 4.69) is 0 Å². The molecule has 0 N–H and O–H groups in total. The maximum atomic E-state index is 13.0. The highest BCUT2D eigenvalue weighted by atomic mass is 16.5. The lowest BCUT2D eigenvalue weighted by Gasteiger charge is -2.15. The molecule has 1 aromatic heterocycles. The Balaban J connectivity index is 1.89. The number of benzene rings is 1. The van der Waals surface area contributed by atoms with Crippen LogP contribution in [0.3, 0.4) is 0 Å². The molecule has 1 aliphatic heterocycles. The minimum Gasteiger partial charge on any atom is -0.491 e. The quantitative estimate of drug-likeness (QED) is 0.602. The molecule has 0 spiro atoms. The van der Waals surface area contributed by atoms with Crippen molar-refractivity contribution in [2.45, 2.75) is 51.7 Å². The number of carbonyl (C=O) groups is 2. The van der Waals surface area contributed by atoms with Gasteiger partial charge in [-0.1, -0.05) is 6.42 Å². The zero-order valence-electron chi connectivity index (χ0n) is 15.5. The first-order valence-electron chi connectivity index (χ1n) is 9.10. The molecule has 0 bridgehead atoms. The van der Waals surface area contributed by atoms with Crippen LogP contribution in [0.4, 0.5) is 0 Å². The van der Waals surface area contributed by atoms with E-state index in [4.69, 9.17) is 9.47 Å². The third-order valence-electron chi connectivity index (χ3n) is 4.70. The van der Waals surface area contributed by atoms with Crippen LogP contribution in [0.5, 0.6) is 5.75 Å². The average molecular weight is 355 g/mol. The van der Waals surface area contributed by atoms with Crippen LogP contribution in [0.1, 0.15) is 60.8 Å². The summed E-state index contributed by atoms with van der Waals surface area (Å²) in [4.78, 5) is 25.1. The van der Waals surface area contributed by atoms with Gasteiger partial charge in [0.2, 0.25) is 5.78 Å². The smallest absolute Gasteiger partial charge is 0.314 e. The van der Waals surface area contributed by atoms with Gasteiger partial charge in [0, 0.05) is 17.8 Å². The number of rotatable bonds is 5. The number of nitrogens with zero attached hydrogens (tertiary/aromatic N) is 1. The highest BCUT2D eigenvalue weighted by molar-refractivity contribution is 6.08. The maximum absolute atomic E-state index is 13.0. The Kier molecular flexibility index (Phi) is 5.45. The number of methoxy groups -OCH3 is 1. The van der Waals surface area contributed by atoms with Crippen molar-refractivity contribution in [1.29, 1.82) is 0 Å². The highest BCUT2D eigenvalue weighted by Gasteiger charge is 2.29. The molecule has 26 heavy (non-hydrogen) atoms. The summed E-state index contributed by atoms with van der Waals surface area (Å²) < 4.78 is 12.6. The van der Waals surface area contributed by atoms with Crippen molar-refractivity contribution in [2.75, 3.05) is 7.11 Å². The third-order valence-corrected chi connectivity index (χ3v) is 4.70. The Bertz CT molecular complexity index is 789. The summed E-state index contributed by atoms with van der Waals surface area (Å²) in [6.45, 7) is 4.67. The number of fused-ring (bicyclic) bond motifs is 1. The van der Waals surface area contributed by atoms with Crippen LogP contribution < -0.4 is 4.74 Å². The molecule has 2 heterocycles. The SMILES string of the molecule is COC(=O)C1CCCCn2c(C(=O)c3ccc(OC(C)C)cc3)ccc21. The maximum Gasteiger partial charge on any atom is 0.314 e. The number of esters is 1. The number of hydrogen-bond donors (Lipinski definition) is 0. The monoisotopic (exact) mass is 355 g/mol. The molecule has 0 saturated carbocycles. The minimum atomic E-state index is -0.300. The fourth-order valence-electron chi connectivity index (χ4n) is 3.49. The molecule has 1 atom stereocenters. The summed E-state index contributed by atoms with van der Waals surface area (Å²) in [5.74, 6) is 0.167. The van der Waals surface area contributed by atoms with Gasteiger partial charge in [-0.05, 0) is 63.1 Å². The van der Waals surface area contributed by atoms with Crippen molar-refractivity contribution in [1.82, 2.24) is 4.57 Å². The van der Waals surface area contributed by atoms with Gasteiger partial charge in [-0.15, -0.1) is 0 Å². The number of ether oxygens (including phenoxy) is 2. The third kappa shape index (κ3) is 3.66. The summed E-state index contributed by atoms with van der Waals surface area (Å²) in [6, 6.07) is 10.9. The standard InChI is InChI=1S/C21H25NO4/c1-14(2)26-16-9-7-15(8-10-16)20(23)19-12-11-18-17(21(24)25-3)6-4-5-13-22(18)19/h7-12,14,17H,4-6,13H2,1-3H3. The molecule has 0 radical (unpaired) electrons. The Morgan fingerprint density at radius 2 is 1.81 bits per heavy atom. The van der Waals surface area contributed by atoms with E-state index in [0.717, 1.165) is 37.3 Å². The lowest BCUT2D eigenvalue weighted by atomic mass is 10.00. The predicted octanol–water partition coefficient (Wildman–Crippen LogP) is 3.95. The van der Waals surface area contributed by atoms with Gasteiger partial charge >= 0.3 is 5.97 Å². The molecule has 3 rings (SSSR count). The Morgan fingerprint density at radius 3 is 2.46 bits per heavy atom.